The number of nitrogens with one attached hydrogen (secondary N) is 1. The van der Waals surface area contributed by atoms with E-state index < -0.39 is 41.5 Å². The fraction of sp³-hybridized carbons (Fsp3) is 0.176. The molecule has 0 aromatic heterocycles. The number of rotatable bonds is 5. The lowest BCUT2D eigenvalue weighted by Gasteiger charge is -2.21. The molecule has 0 unspecified atom stereocenters. The zero-order valence-electron chi connectivity index (χ0n) is 13.5. The molecule has 5 nitrogen and oxygen atoms in total. The normalized spacial score (nSPS) is 10.3. The van der Waals surface area contributed by atoms with Crippen molar-refractivity contribution in [3.05, 3.63) is 53.8 Å². The Morgan fingerprint density at radius 3 is 2.48 bits per heavy atom. The zero-order valence-corrected chi connectivity index (χ0v) is 13.5. The summed E-state index contributed by atoms with van der Waals surface area (Å²) < 4.78 is 45.3. The van der Waals surface area contributed by atoms with Gasteiger partial charge >= 0.3 is 0 Å². The minimum absolute atomic E-state index is 0.401. The summed E-state index contributed by atoms with van der Waals surface area (Å²) in [5.41, 5.74) is -0.120. The standard InChI is InChI=1S/C17H15F3N2O3/c1-10(23)22(14-7-6-13(18)16(19)17(14)20)9-15(24)21-11-4-3-5-12(8-11)25-2/h3-8H,9H2,1-2H3,(H,21,24). The summed E-state index contributed by atoms with van der Waals surface area (Å²) in [5, 5.41) is 2.51. The van der Waals surface area contributed by atoms with Crippen LogP contribution in [0.3, 0.4) is 0 Å². The lowest BCUT2D eigenvalue weighted by atomic mass is 10.2. The van der Waals surface area contributed by atoms with E-state index in [2.05, 4.69) is 5.32 Å². The van der Waals surface area contributed by atoms with Crippen LogP contribution in [0.4, 0.5) is 24.5 Å². The Morgan fingerprint density at radius 2 is 1.84 bits per heavy atom. The van der Waals surface area contributed by atoms with Crippen molar-refractivity contribution in [1.29, 1.82) is 0 Å². The molecule has 0 saturated carbocycles. The number of hydrogen-bond acceptors (Lipinski definition) is 3. The Bertz CT molecular complexity index is 812. The summed E-state index contributed by atoms with van der Waals surface area (Å²) in [6, 6.07) is 8.04. The number of nitrogens with zero attached hydrogens (tertiary/aromatic N) is 1. The summed E-state index contributed by atoms with van der Waals surface area (Å²) in [6.07, 6.45) is 0. The minimum Gasteiger partial charge on any atom is -0.497 e. The number of hydrogen-bond donors (Lipinski definition) is 1. The van der Waals surface area contributed by atoms with Gasteiger partial charge in [0.25, 0.3) is 0 Å². The maximum absolute atomic E-state index is 13.9. The molecule has 2 aromatic carbocycles. The molecule has 0 aliphatic heterocycles. The van der Waals surface area contributed by atoms with E-state index in [1.54, 1.807) is 24.3 Å². The Labute approximate surface area is 142 Å². The maximum Gasteiger partial charge on any atom is 0.244 e. The van der Waals surface area contributed by atoms with Crippen molar-refractivity contribution in [2.45, 2.75) is 6.92 Å². The van der Waals surface area contributed by atoms with Gasteiger partial charge in [0, 0.05) is 18.7 Å². The van der Waals surface area contributed by atoms with E-state index in [4.69, 9.17) is 4.74 Å². The van der Waals surface area contributed by atoms with Crippen LogP contribution in [0.25, 0.3) is 0 Å². The molecule has 0 fully saturated rings. The van der Waals surface area contributed by atoms with Gasteiger partial charge in [-0.1, -0.05) is 6.07 Å². The molecule has 1 N–H and O–H groups in total. The van der Waals surface area contributed by atoms with E-state index in [1.807, 2.05) is 0 Å². The minimum atomic E-state index is -1.71. The Hall–Kier alpha value is -3.03. The second kappa shape index (κ2) is 7.69. The molecule has 0 saturated heterocycles. The van der Waals surface area contributed by atoms with Crippen molar-refractivity contribution in [1.82, 2.24) is 0 Å². The van der Waals surface area contributed by atoms with Crippen LogP contribution in [0.1, 0.15) is 6.92 Å². The molecule has 0 bridgehead atoms. The predicted octanol–water partition coefficient (Wildman–Crippen LogP) is 3.10. The molecule has 0 atom stereocenters. The van der Waals surface area contributed by atoms with Gasteiger partial charge in [-0.15, -0.1) is 0 Å². The third kappa shape index (κ3) is 4.28. The van der Waals surface area contributed by atoms with Crippen LogP contribution in [0.2, 0.25) is 0 Å². The van der Waals surface area contributed by atoms with Crippen molar-refractivity contribution in [2.24, 2.45) is 0 Å². The summed E-state index contributed by atoms with van der Waals surface area (Å²) >= 11 is 0. The molecule has 0 radical (unpaired) electrons. The monoisotopic (exact) mass is 352 g/mol. The summed E-state index contributed by atoms with van der Waals surface area (Å²) in [4.78, 5) is 24.6. The number of ether oxygens (including phenoxy) is 1. The molecule has 132 valence electrons. The van der Waals surface area contributed by atoms with Crippen LogP contribution >= 0.6 is 0 Å². The number of amides is 2. The highest BCUT2D eigenvalue weighted by molar-refractivity contribution is 6.01. The summed E-state index contributed by atoms with van der Waals surface area (Å²) in [5.74, 6) is -5.47. The average Bonchev–Trinajstić information content (AvgIpc) is 2.58. The van der Waals surface area contributed by atoms with E-state index in [0.717, 1.165) is 13.0 Å². The molecular weight excluding hydrogens is 337 g/mol. The van der Waals surface area contributed by atoms with Crippen molar-refractivity contribution < 1.29 is 27.5 Å². The lowest BCUT2D eigenvalue weighted by molar-refractivity contribution is -0.120. The predicted molar refractivity (Wildman–Crippen MR) is 86.0 cm³/mol. The third-order valence-electron chi connectivity index (χ3n) is 3.34. The highest BCUT2D eigenvalue weighted by Gasteiger charge is 2.23. The van der Waals surface area contributed by atoms with E-state index in [9.17, 15) is 22.8 Å². The smallest absolute Gasteiger partial charge is 0.244 e. The molecule has 0 spiro atoms. The first-order valence-electron chi connectivity index (χ1n) is 7.19. The van der Waals surface area contributed by atoms with Gasteiger partial charge in [0.2, 0.25) is 11.8 Å². The van der Waals surface area contributed by atoms with Crippen LogP contribution in [-0.2, 0) is 9.59 Å². The topological polar surface area (TPSA) is 58.6 Å². The molecule has 25 heavy (non-hydrogen) atoms. The highest BCUT2D eigenvalue weighted by atomic mass is 19.2. The highest BCUT2D eigenvalue weighted by Crippen LogP contribution is 2.24. The van der Waals surface area contributed by atoms with Crippen LogP contribution in [0.5, 0.6) is 5.75 Å². The Kier molecular flexibility index (Phi) is 5.63. The fourth-order valence-electron chi connectivity index (χ4n) is 2.14. The average molecular weight is 352 g/mol. The molecule has 0 heterocycles. The Morgan fingerprint density at radius 1 is 1.12 bits per heavy atom. The molecule has 0 aliphatic rings. The van der Waals surface area contributed by atoms with Gasteiger partial charge in [0.05, 0.1) is 12.8 Å². The Balaban J connectivity index is 2.20. The maximum atomic E-state index is 13.9. The van der Waals surface area contributed by atoms with Crippen molar-refractivity contribution in [2.75, 3.05) is 23.9 Å². The zero-order chi connectivity index (χ0) is 18.6. The third-order valence-corrected chi connectivity index (χ3v) is 3.34. The number of carbonyl (C=O) groups excluding carboxylic acids is 2. The second-order valence-corrected chi connectivity index (χ2v) is 5.08. The summed E-state index contributed by atoms with van der Waals surface area (Å²) in [6.45, 7) is 0.508. The molecule has 2 amide bonds. The van der Waals surface area contributed by atoms with Crippen LogP contribution < -0.4 is 15.0 Å². The van der Waals surface area contributed by atoms with Crippen molar-refractivity contribution in [3.63, 3.8) is 0 Å². The number of methoxy groups -OCH3 is 1. The first-order valence-corrected chi connectivity index (χ1v) is 7.19. The number of halogens is 3. The largest absolute Gasteiger partial charge is 0.497 e. The first kappa shape index (κ1) is 18.3. The number of anilines is 2. The second-order valence-electron chi connectivity index (χ2n) is 5.08. The van der Waals surface area contributed by atoms with Crippen LogP contribution in [0, 0.1) is 17.5 Å². The van der Waals surface area contributed by atoms with Gasteiger partial charge in [-0.2, -0.15) is 0 Å². The van der Waals surface area contributed by atoms with E-state index in [-0.39, 0.29) is 0 Å². The molecule has 2 rings (SSSR count). The van der Waals surface area contributed by atoms with E-state index in [0.29, 0.717) is 22.4 Å². The van der Waals surface area contributed by atoms with Gasteiger partial charge in [-0.25, -0.2) is 13.2 Å². The first-order chi connectivity index (χ1) is 11.8. The summed E-state index contributed by atoms with van der Waals surface area (Å²) in [7, 11) is 1.46. The van der Waals surface area contributed by atoms with E-state index >= 15 is 0 Å². The molecular formula is C17H15F3N2O3. The van der Waals surface area contributed by atoms with Crippen LogP contribution in [0.15, 0.2) is 36.4 Å². The lowest BCUT2D eigenvalue weighted by Crippen LogP contribution is -2.37. The fourth-order valence-corrected chi connectivity index (χ4v) is 2.14. The molecule has 8 heteroatoms. The van der Waals surface area contributed by atoms with Crippen LogP contribution in [-0.4, -0.2) is 25.5 Å². The van der Waals surface area contributed by atoms with Crippen molar-refractivity contribution >= 4 is 23.2 Å². The van der Waals surface area contributed by atoms with Gasteiger partial charge in [-0.3, -0.25) is 9.59 Å². The van der Waals surface area contributed by atoms with Gasteiger partial charge in [-0.05, 0) is 24.3 Å². The molecule has 0 aliphatic carbocycles. The van der Waals surface area contributed by atoms with E-state index in [1.165, 1.54) is 7.11 Å². The van der Waals surface area contributed by atoms with Gasteiger partial charge in [0.1, 0.15) is 12.3 Å². The molecule has 2 aromatic rings. The van der Waals surface area contributed by atoms with Crippen molar-refractivity contribution in [3.8, 4) is 5.75 Å². The van der Waals surface area contributed by atoms with Gasteiger partial charge < -0.3 is 15.0 Å². The number of carbonyl (C=O) groups is 2. The number of benzene rings is 2. The SMILES string of the molecule is COc1cccc(NC(=O)CN(C(C)=O)c2ccc(F)c(F)c2F)c1. The quantitative estimate of drug-likeness (QED) is 0.842. The van der Waals surface area contributed by atoms with Gasteiger partial charge in [0.15, 0.2) is 17.5 Å².